The van der Waals surface area contributed by atoms with Gasteiger partial charge in [0.25, 0.3) is 5.91 Å². The molecule has 0 atom stereocenters. The molecule has 1 N–H and O–H groups in total. The molecule has 0 aromatic carbocycles. The van der Waals surface area contributed by atoms with Gasteiger partial charge in [0, 0.05) is 43.8 Å². The summed E-state index contributed by atoms with van der Waals surface area (Å²) in [5.41, 5.74) is 1.19. The number of imidazole rings is 1. The van der Waals surface area contributed by atoms with Gasteiger partial charge in [0.2, 0.25) is 0 Å². The number of rotatable bonds is 4. The number of nitrogens with zero attached hydrogens (tertiary/aromatic N) is 3. The summed E-state index contributed by atoms with van der Waals surface area (Å²) in [6.45, 7) is 4.09. The van der Waals surface area contributed by atoms with E-state index in [-0.39, 0.29) is 11.4 Å². The van der Waals surface area contributed by atoms with Crippen LogP contribution in [0.2, 0.25) is 5.02 Å². The molecule has 7 heteroatoms. The Hall–Kier alpha value is -1.63. The zero-order chi connectivity index (χ0) is 18.7. The Morgan fingerprint density at radius 1 is 1.22 bits per heavy atom. The fourth-order valence-corrected chi connectivity index (χ4v) is 4.75. The van der Waals surface area contributed by atoms with Gasteiger partial charge in [0.1, 0.15) is 5.65 Å². The highest BCUT2D eigenvalue weighted by Gasteiger charge is 2.38. The van der Waals surface area contributed by atoms with Crippen LogP contribution in [0.5, 0.6) is 0 Å². The van der Waals surface area contributed by atoms with Crippen LogP contribution in [-0.4, -0.2) is 58.6 Å². The van der Waals surface area contributed by atoms with E-state index in [0.29, 0.717) is 22.8 Å². The number of amides is 1. The molecule has 2 fully saturated rings. The lowest BCUT2D eigenvalue weighted by Crippen LogP contribution is -2.58. The van der Waals surface area contributed by atoms with E-state index in [1.165, 1.54) is 25.7 Å². The van der Waals surface area contributed by atoms with Crippen molar-refractivity contribution in [2.75, 3.05) is 32.8 Å². The summed E-state index contributed by atoms with van der Waals surface area (Å²) in [5, 5.41) is 3.74. The van der Waals surface area contributed by atoms with E-state index in [4.69, 9.17) is 16.3 Å². The van der Waals surface area contributed by atoms with E-state index in [2.05, 4.69) is 15.2 Å². The number of ether oxygens (including phenoxy) is 1. The van der Waals surface area contributed by atoms with Gasteiger partial charge < -0.3 is 14.5 Å². The van der Waals surface area contributed by atoms with Gasteiger partial charge in [-0.05, 0) is 18.9 Å². The third-order valence-corrected chi connectivity index (χ3v) is 6.20. The second kappa shape index (κ2) is 8.17. The topological polar surface area (TPSA) is 58.9 Å². The van der Waals surface area contributed by atoms with Crippen LogP contribution >= 0.6 is 11.6 Å². The fourth-order valence-electron chi connectivity index (χ4n) is 4.53. The average molecular weight is 391 g/mol. The van der Waals surface area contributed by atoms with E-state index in [1.807, 2.05) is 0 Å². The van der Waals surface area contributed by atoms with Gasteiger partial charge in [0.05, 0.1) is 23.8 Å². The summed E-state index contributed by atoms with van der Waals surface area (Å²) < 4.78 is 7.35. The van der Waals surface area contributed by atoms with Crippen LogP contribution in [0.25, 0.3) is 5.65 Å². The molecule has 2 aliphatic rings. The standard InChI is InChI=1S/C20H27ClN4O2/c21-16-13-17(18-22-7-8-24(18)14-16)19(26)23-15-20(5-3-1-2-4-6-20)25-9-11-27-12-10-25/h7-8,13-14H,1-6,9-12,15H2,(H,23,26). The lowest BCUT2D eigenvalue weighted by Gasteiger charge is -2.45. The number of nitrogens with one attached hydrogen (secondary N) is 1. The van der Waals surface area contributed by atoms with Crippen molar-refractivity contribution in [3.8, 4) is 0 Å². The van der Waals surface area contributed by atoms with Gasteiger partial charge in [-0.1, -0.05) is 37.3 Å². The lowest BCUT2D eigenvalue weighted by molar-refractivity contribution is -0.0281. The normalized spacial score (nSPS) is 21.1. The Labute approximate surface area is 164 Å². The van der Waals surface area contributed by atoms with Gasteiger partial charge >= 0.3 is 0 Å². The Kier molecular flexibility index (Phi) is 5.66. The molecular formula is C20H27ClN4O2. The lowest BCUT2D eigenvalue weighted by atomic mass is 9.87. The number of hydrogen-bond donors (Lipinski definition) is 1. The number of fused-ring (bicyclic) bond motifs is 1. The van der Waals surface area contributed by atoms with Crippen molar-refractivity contribution in [3.63, 3.8) is 0 Å². The third kappa shape index (κ3) is 3.98. The molecule has 4 rings (SSSR count). The zero-order valence-electron chi connectivity index (χ0n) is 15.6. The first kappa shape index (κ1) is 18.7. The molecule has 2 aromatic heterocycles. The minimum atomic E-state index is -0.106. The summed E-state index contributed by atoms with van der Waals surface area (Å²) in [5.74, 6) is -0.106. The van der Waals surface area contributed by atoms with E-state index in [0.717, 1.165) is 39.1 Å². The molecule has 1 aliphatic carbocycles. The van der Waals surface area contributed by atoms with E-state index >= 15 is 0 Å². The molecule has 1 aliphatic heterocycles. The molecule has 2 aromatic rings. The molecular weight excluding hydrogens is 364 g/mol. The average Bonchev–Trinajstić information content (AvgIpc) is 3.02. The van der Waals surface area contributed by atoms with Crippen LogP contribution in [0.4, 0.5) is 0 Å². The highest BCUT2D eigenvalue weighted by molar-refractivity contribution is 6.31. The minimum Gasteiger partial charge on any atom is -0.379 e. The summed E-state index contributed by atoms with van der Waals surface area (Å²) in [6, 6.07) is 1.70. The van der Waals surface area contributed by atoms with Gasteiger partial charge in [-0.3, -0.25) is 9.69 Å². The maximum Gasteiger partial charge on any atom is 0.255 e. The van der Waals surface area contributed by atoms with Gasteiger partial charge in [-0.15, -0.1) is 0 Å². The van der Waals surface area contributed by atoms with Crippen LogP contribution in [0.3, 0.4) is 0 Å². The predicted octanol–water partition coefficient (Wildman–Crippen LogP) is 3.14. The van der Waals surface area contributed by atoms with Crippen LogP contribution < -0.4 is 5.32 Å². The zero-order valence-corrected chi connectivity index (χ0v) is 16.4. The first-order chi connectivity index (χ1) is 13.2. The molecule has 0 radical (unpaired) electrons. The van der Waals surface area contributed by atoms with Crippen molar-refractivity contribution in [1.82, 2.24) is 19.6 Å². The minimum absolute atomic E-state index is 0.0280. The number of carbonyl (C=O) groups is 1. The number of hydrogen-bond acceptors (Lipinski definition) is 4. The molecule has 146 valence electrons. The Bertz CT molecular complexity index is 792. The number of aromatic nitrogens is 2. The summed E-state index contributed by atoms with van der Waals surface area (Å²) in [7, 11) is 0. The first-order valence-corrected chi connectivity index (χ1v) is 10.3. The highest BCUT2D eigenvalue weighted by atomic mass is 35.5. The SMILES string of the molecule is O=C(NCC1(N2CCOCC2)CCCCCC1)c1cc(Cl)cn2ccnc12. The molecule has 6 nitrogen and oxygen atoms in total. The molecule has 0 bridgehead atoms. The second-order valence-electron chi connectivity index (χ2n) is 7.65. The van der Waals surface area contributed by atoms with Crippen molar-refractivity contribution >= 4 is 23.2 Å². The number of carbonyl (C=O) groups excluding carboxylic acids is 1. The van der Waals surface area contributed by atoms with Crippen molar-refractivity contribution in [1.29, 1.82) is 0 Å². The smallest absolute Gasteiger partial charge is 0.255 e. The molecule has 1 amide bonds. The quantitative estimate of drug-likeness (QED) is 0.815. The van der Waals surface area contributed by atoms with Crippen LogP contribution in [0, 0.1) is 0 Å². The van der Waals surface area contributed by atoms with Gasteiger partial charge in [-0.2, -0.15) is 0 Å². The van der Waals surface area contributed by atoms with Gasteiger partial charge in [0.15, 0.2) is 0 Å². The largest absolute Gasteiger partial charge is 0.379 e. The fraction of sp³-hybridized carbons (Fsp3) is 0.600. The summed E-state index contributed by atoms with van der Waals surface area (Å²) in [6.07, 6.45) is 12.5. The maximum absolute atomic E-state index is 13.0. The van der Waals surface area contributed by atoms with Crippen molar-refractivity contribution < 1.29 is 9.53 Å². The third-order valence-electron chi connectivity index (χ3n) is 5.99. The predicted molar refractivity (Wildman–Crippen MR) is 105 cm³/mol. The van der Waals surface area contributed by atoms with E-state index in [9.17, 15) is 4.79 Å². The Morgan fingerprint density at radius 3 is 2.70 bits per heavy atom. The first-order valence-electron chi connectivity index (χ1n) is 9.91. The Balaban J connectivity index is 1.54. The second-order valence-corrected chi connectivity index (χ2v) is 8.09. The molecule has 3 heterocycles. The van der Waals surface area contributed by atoms with E-state index in [1.54, 1.807) is 29.1 Å². The molecule has 0 spiro atoms. The number of pyridine rings is 1. The maximum atomic E-state index is 13.0. The van der Waals surface area contributed by atoms with Crippen molar-refractivity contribution in [2.24, 2.45) is 0 Å². The highest BCUT2D eigenvalue weighted by Crippen LogP contribution is 2.33. The van der Waals surface area contributed by atoms with Crippen LogP contribution in [0.15, 0.2) is 24.7 Å². The Morgan fingerprint density at radius 2 is 1.96 bits per heavy atom. The van der Waals surface area contributed by atoms with Crippen molar-refractivity contribution in [3.05, 3.63) is 35.2 Å². The van der Waals surface area contributed by atoms with Gasteiger partial charge in [-0.25, -0.2) is 4.98 Å². The summed E-state index contributed by atoms with van der Waals surface area (Å²) in [4.78, 5) is 19.9. The summed E-state index contributed by atoms with van der Waals surface area (Å²) >= 11 is 6.19. The van der Waals surface area contributed by atoms with E-state index < -0.39 is 0 Å². The van der Waals surface area contributed by atoms with Crippen LogP contribution in [0.1, 0.15) is 48.9 Å². The molecule has 1 saturated heterocycles. The van der Waals surface area contributed by atoms with Crippen molar-refractivity contribution in [2.45, 2.75) is 44.1 Å². The molecule has 0 unspecified atom stereocenters. The van der Waals surface area contributed by atoms with Crippen LogP contribution in [-0.2, 0) is 4.74 Å². The monoisotopic (exact) mass is 390 g/mol. The molecule has 1 saturated carbocycles. The number of morpholine rings is 1. The molecule has 27 heavy (non-hydrogen) atoms. The number of halogens is 1.